The number of hydrogen-bond donors (Lipinski definition) is 2. The summed E-state index contributed by atoms with van der Waals surface area (Å²) in [5.41, 5.74) is 8.49. The van der Waals surface area contributed by atoms with E-state index in [0.29, 0.717) is 13.0 Å². The summed E-state index contributed by atoms with van der Waals surface area (Å²) in [6.45, 7) is 0.621. The molecule has 1 saturated carbocycles. The van der Waals surface area contributed by atoms with Crippen LogP contribution >= 0.6 is 0 Å². The first-order valence-electron chi connectivity index (χ1n) is 8.83. The van der Waals surface area contributed by atoms with Gasteiger partial charge in [-0.25, -0.2) is 0 Å². The minimum Gasteiger partial charge on any atom is -0.496 e. The molecular formula is C19H28N2O2. The number of nitrogens with one attached hydrogen (secondary N) is 1. The number of rotatable bonds is 5. The van der Waals surface area contributed by atoms with Crippen molar-refractivity contribution in [3.05, 3.63) is 29.3 Å². The van der Waals surface area contributed by atoms with Gasteiger partial charge in [-0.15, -0.1) is 0 Å². The SMILES string of the molecule is COc1cccc2c1CCC2NC(=O)CC1(CN)CCCCC1. The fourth-order valence-electron chi connectivity index (χ4n) is 4.30. The van der Waals surface area contributed by atoms with Crippen LogP contribution in [-0.4, -0.2) is 19.6 Å². The zero-order valence-electron chi connectivity index (χ0n) is 14.1. The van der Waals surface area contributed by atoms with E-state index in [1.165, 1.54) is 30.4 Å². The first-order valence-corrected chi connectivity index (χ1v) is 8.83. The topological polar surface area (TPSA) is 64.3 Å². The van der Waals surface area contributed by atoms with E-state index >= 15 is 0 Å². The quantitative estimate of drug-likeness (QED) is 0.877. The van der Waals surface area contributed by atoms with E-state index in [1.54, 1.807) is 7.11 Å². The maximum absolute atomic E-state index is 12.6. The molecule has 0 spiro atoms. The molecule has 4 heteroatoms. The van der Waals surface area contributed by atoms with Crippen molar-refractivity contribution in [2.45, 2.75) is 57.4 Å². The van der Waals surface area contributed by atoms with Gasteiger partial charge in [0.1, 0.15) is 5.75 Å². The van der Waals surface area contributed by atoms with E-state index in [0.717, 1.165) is 31.4 Å². The zero-order chi connectivity index (χ0) is 16.3. The monoisotopic (exact) mass is 316 g/mol. The van der Waals surface area contributed by atoms with E-state index in [-0.39, 0.29) is 17.4 Å². The standard InChI is InChI=1S/C19H28N2O2/c1-23-17-7-5-6-14-15(17)8-9-16(14)21-18(22)12-19(13-20)10-3-2-4-11-19/h5-7,16H,2-4,8-13,20H2,1H3,(H,21,22). The molecule has 2 aliphatic rings. The lowest BCUT2D eigenvalue weighted by molar-refractivity contribution is -0.124. The average molecular weight is 316 g/mol. The van der Waals surface area contributed by atoms with Crippen LogP contribution < -0.4 is 15.8 Å². The number of carbonyl (C=O) groups excluding carboxylic acids is 1. The fourth-order valence-corrected chi connectivity index (χ4v) is 4.30. The summed E-state index contributed by atoms with van der Waals surface area (Å²) in [6.07, 6.45) is 8.35. The van der Waals surface area contributed by atoms with Gasteiger partial charge < -0.3 is 15.8 Å². The van der Waals surface area contributed by atoms with Crippen molar-refractivity contribution in [1.82, 2.24) is 5.32 Å². The molecule has 3 rings (SSSR count). The normalized spacial score (nSPS) is 22.4. The van der Waals surface area contributed by atoms with Crippen molar-refractivity contribution in [3.8, 4) is 5.75 Å². The third kappa shape index (κ3) is 3.37. The molecule has 1 fully saturated rings. The number of benzene rings is 1. The molecule has 0 aliphatic heterocycles. The van der Waals surface area contributed by atoms with Crippen molar-refractivity contribution < 1.29 is 9.53 Å². The van der Waals surface area contributed by atoms with E-state index in [2.05, 4.69) is 11.4 Å². The van der Waals surface area contributed by atoms with Crippen LogP contribution in [0.5, 0.6) is 5.75 Å². The van der Waals surface area contributed by atoms with Crippen LogP contribution in [-0.2, 0) is 11.2 Å². The van der Waals surface area contributed by atoms with Crippen LogP contribution in [0.1, 0.15) is 62.1 Å². The third-order valence-electron chi connectivity index (χ3n) is 5.67. The Morgan fingerprint density at radius 2 is 2.13 bits per heavy atom. The maximum atomic E-state index is 12.6. The molecule has 1 unspecified atom stereocenters. The minimum absolute atomic E-state index is 0.0259. The van der Waals surface area contributed by atoms with Gasteiger partial charge in [-0.3, -0.25) is 4.79 Å². The van der Waals surface area contributed by atoms with Crippen LogP contribution in [0.2, 0.25) is 0 Å². The molecular weight excluding hydrogens is 288 g/mol. The molecule has 126 valence electrons. The van der Waals surface area contributed by atoms with Crippen LogP contribution in [0.25, 0.3) is 0 Å². The second-order valence-corrected chi connectivity index (χ2v) is 7.13. The number of ether oxygens (including phenoxy) is 1. The molecule has 0 heterocycles. The number of hydrogen-bond acceptors (Lipinski definition) is 3. The van der Waals surface area contributed by atoms with Crippen LogP contribution in [0.15, 0.2) is 18.2 Å². The van der Waals surface area contributed by atoms with Crippen molar-refractivity contribution in [1.29, 1.82) is 0 Å². The molecule has 4 nitrogen and oxygen atoms in total. The lowest BCUT2D eigenvalue weighted by Gasteiger charge is -2.36. The lowest BCUT2D eigenvalue weighted by Crippen LogP contribution is -2.39. The summed E-state index contributed by atoms with van der Waals surface area (Å²) < 4.78 is 5.44. The molecule has 3 N–H and O–H groups in total. The lowest BCUT2D eigenvalue weighted by atomic mass is 9.71. The van der Waals surface area contributed by atoms with Crippen molar-refractivity contribution in [3.63, 3.8) is 0 Å². The Morgan fingerprint density at radius 3 is 2.83 bits per heavy atom. The van der Waals surface area contributed by atoms with Crippen LogP contribution in [0.3, 0.4) is 0 Å². The van der Waals surface area contributed by atoms with Crippen molar-refractivity contribution in [2.75, 3.05) is 13.7 Å². The minimum atomic E-state index is 0.0259. The van der Waals surface area contributed by atoms with Gasteiger partial charge in [0.2, 0.25) is 5.91 Å². The Hall–Kier alpha value is -1.55. The summed E-state index contributed by atoms with van der Waals surface area (Å²) in [5, 5.41) is 3.24. The van der Waals surface area contributed by atoms with E-state index in [4.69, 9.17) is 10.5 Å². The smallest absolute Gasteiger partial charge is 0.221 e. The second kappa shape index (κ2) is 6.91. The Balaban J connectivity index is 1.66. The van der Waals surface area contributed by atoms with E-state index in [1.807, 2.05) is 12.1 Å². The van der Waals surface area contributed by atoms with Crippen molar-refractivity contribution in [2.24, 2.45) is 11.1 Å². The summed E-state index contributed by atoms with van der Waals surface area (Å²) in [7, 11) is 1.70. The highest BCUT2D eigenvalue weighted by molar-refractivity contribution is 5.77. The highest BCUT2D eigenvalue weighted by Crippen LogP contribution is 2.40. The fraction of sp³-hybridized carbons (Fsp3) is 0.632. The van der Waals surface area contributed by atoms with Gasteiger partial charge >= 0.3 is 0 Å². The first kappa shape index (κ1) is 16.3. The highest BCUT2D eigenvalue weighted by Gasteiger charge is 2.34. The Labute approximate surface area is 138 Å². The number of methoxy groups -OCH3 is 1. The molecule has 0 saturated heterocycles. The zero-order valence-corrected chi connectivity index (χ0v) is 14.1. The molecule has 1 aromatic carbocycles. The maximum Gasteiger partial charge on any atom is 0.221 e. The van der Waals surface area contributed by atoms with Gasteiger partial charge in [-0.1, -0.05) is 31.4 Å². The van der Waals surface area contributed by atoms with Gasteiger partial charge in [0.15, 0.2) is 0 Å². The number of amides is 1. The molecule has 1 atom stereocenters. The Kier molecular flexibility index (Phi) is 4.90. The summed E-state index contributed by atoms with van der Waals surface area (Å²) in [5.74, 6) is 1.09. The Bertz CT molecular complexity index is 564. The molecule has 23 heavy (non-hydrogen) atoms. The van der Waals surface area contributed by atoms with Gasteiger partial charge in [-0.05, 0) is 54.8 Å². The average Bonchev–Trinajstić information content (AvgIpc) is 2.98. The molecule has 0 bridgehead atoms. The third-order valence-corrected chi connectivity index (χ3v) is 5.67. The van der Waals surface area contributed by atoms with E-state index in [9.17, 15) is 4.79 Å². The van der Waals surface area contributed by atoms with Crippen LogP contribution in [0.4, 0.5) is 0 Å². The molecule has 1 amide bonds. The molecule has 0 radical (unpaired) electrons. The number of fused-ring (bicyclic) bond motifs is 1. The van der Waals surface area contributed by atoms with E-state index < -0.39 is 0 Å². The first-order chi connectivity index (χ1) is 11.2. The number of nitrogens with two attached hydrogens (primary N) is 1. The summed E-state index contributed by atoms with van der Waals surface area (Å²) >= 11 is 0. The predicted molar refractivity (Wildman–Crippen MR) is 91.4 cm³/mol. The van der Waals surface area contributed by atoms with Crippen molar-refractivity contribution >= 4 is 5.91 Å². The summed E-state index contributed by atoms with van der Waals surface area (Å²) in [6, 6.07) is 6.22. The summed E-state index contributed by atoms with van der Waals surface area (Å²) in [4.78, 5) is 12.6. The number of carbonyl (C=O) groups is 1. The van der Waals surface area contributed by atoms with Crippen LogP contribution in [0, 0.1) is 5.41 Å². The van der Waals surface area contributed by atoms with Gasteiger partial charge in [0, 0.05) is 6.42 Å². The Morgan fingerprint density at radius 1 is 1.35 bits per heavy atom. The second-order valence-electron chi connectivity index (χ2n) is 7.13. The largest absolute Gasteiger partial charge is 0.496 e. The van der Waals surface area contributed by atoms with Gasteiger partial charge in [-0.2, -0.15) is 0 Å². The molecule has 0 aromatic heterocycles. The van der Waals surface area contributed by atoms with Gasteiger partial charge in [0.25, 0.3) is 0 Å². The molecule has 2 aliphatic carbocycles. The van der Waals surface area contributed by atoms with Gasteiger partial charge in [0.05, 0.1) is 13.2 Å². The molecule has 1 aromatic rings. The predicted octanol–water partition coefficient (Wildman–Crippen LogP) is 3.10. The highest BCUT2D eigenvalue weighted by atomic mass is 16.5.